The maximum atomic E-state index is 15.6. The number of primary amides is 3. The van der Waals surface area contributed by atoms with Crippen LogP contribution in [0.3, 0.4) is 0 Å². The first-order valence-electron chi connectivity index (χ1n) is 43.6. The van der Waals surface area contributed by atoms with Gasteiger partial charge in [0.1, 0.15) is 90.3 Å². The molecule has 9 rings (SSSR count). The van der Waals surface area contributed by atoms with Crippen LogP contribution in [0.15, 0.2) is 85.2 Å². The molecule has 44 heteroatoms. The number of amides is 18. The Bertz CT molecular complexity index is 5010. The number of phenols is 1. The average molecular weight is 1850 g/mol. The van der Waals surface area contributed by atoms with Crippen LogP contribution < -0.4 is 76.1 Å². The number of hydrogen-bond acceptors (Lipinski definition) is 24. The Balaban J connectivity index is 1.08. The Kier molecular flexibility index (Phi) is 36.7. The van der Waals surface area contributed by atoms with Gasteiger partial charge in [0.25, 0.3) is 0 Å². The summed E-state index contributed by atoms with van der Waals surface area (Å²) < 4.78 is 6.08. The molecule has 2 aromatic heterocycles. The minimum absolute atomic E-state index is 0.000941. The number of fused-ring (bicyclic) bond motifs is 5. The fourth-order valence-electron chi connectivity index (χ4n) is 16.4. The van der Waals surface area contributed by atoms with E-state index in [1.807, 2.05) is 13.8 Å². The number of carbonyl (C=O) groups excluding carboxylic acids is 18. The number of thioether (sulfide) groups is 1. The summed E-state index contributed by atoms with van der Waals surface area (Å²) >= 11 is 0.771. The zero-order valence-electron chi connectivity index (χ0n) is 74.3. The number of rotatable bonds is 22. The number of aromatic amines is 2. The molecule has 18 amide bonds. The fourth-order valence-corrected chi connectivity index (χ4v) is 17.2. The molecule has 0 unspecified atom stereocenters. The molecule has 0 spiro atoms. The Labute approximate surface area is 759 Å². The van der Waals surface area contributed by atoms with E-state index >= 15 is 33.6 Å². The molecule has 0 saturated carbocycles. The van der Waals surface area contributed by atoms with E-state index in [0.29, 0.717) is 64.2 Å². The third-order valence-electron chi connectivity index (χ3n) is 23.5. The minimum Gasteiger partial charge on any atom is -0.508 e. The minimum atomic E-state index is -1.91. The van der Waals surface area contributed by atoms with Crippen molar-refractivity contribution in [1.29, 1.82) is 0 Å². The lowest BCUT2D eigenvalue weighted by Gasteiger charge is -2.44. The van der Waals surface area contributed by atoms with Crippen LogP contribution in [0, 0.1) is 0 Å². The Morgan fingerprint density at radius 1 is 0.550 bits per heavy atom. The number of phenolic OH excluding ortho intramolecular Hbond substituents is 1. The lowest BCUT2D eigenvalue weighted by Crippen LogP contribution is -2.66. The molecule has 131 heavy (non-hydrogen) atoms. The van der Waals surface area contributed by atoms with Crippen LogP contribution in [0.2, 0.25) is 0 Å². The number of carbonyl (C=O) groups is 18. The third kappa shape index (κ3) is 27.4. The summed E-state index contributed by atoms with van der Waals surface area (Å²) in [5.41, 5.74) is 24.3. The van der Waals surface area contributed by atoms with Gasteiger partial charge in [-0.1, -0.05) is 88.1 Å². The van der Waals surface area contributed by atoms with E-state index in [-0.39, 0.29) is 63.8 Å². The van der Waals surface area contributed by atoms with Crippen LogP contribution in [-0.4, -0.2) is 324 Å². The number of nitrogens with zero attached hydrogens (tertiary/aromatic N) is 5. The topological polar surface area (TPSA) is 649 Å². The van der Waals surface area contributed by atoms with Gasteiger partial charge in [-0.05, 0) is 93.8 Å². The van der Waals surface area contributed by atoms with Gasteiger partial charge in [-0.25, -0.2) is 0 Å². The van der Waals surface area contributed by atoms with Crippen molar-refractivity contribution in [3.05, 3.63) is 102 Å². The number of benzene rings is 3. The smallest absolute Gasteiger partial charge is 0.246 e. The number of unbranched alkanes of at least 4 members (excludes halogenated alkanes) is 2. The van der Waals surface area contributed by atoms with E-state index in [9.17, 15) is 68.1 Å². The number of aromatic hydroxyl groups is 1. The summed E-state index contributed by atoms with van der Waals surface area (Å²) in [6.07, 6.45) is 0.137. The lowest BCUT2D eigenvalue weighted by molar-refractivity contribution is -0.166. The molecule has 4 saturated heterocycles. The summed E-state index contributed by atoms with van der Waals surface area (Å²) in [6.45, 7) is 4.03. The highest BCUT2D eigenvalue weighted by Gasteiger charge is 2.48. The summed E-state index contributed by atoms with van der Waals surface area (Å²) in [5.74, 6) is -18.8. The van der Waals surface area contributed by atoms with Crippen molar-refractivity contribution in [1.82, 2.24) is 87.6 Å². The number of ether oxygens (including phenoxy) is 1. The molecule has 23 N–H and O–H groups in total. The molecular weight excluding hydrogens is 1720 g/mol. The number of nitrogens with two attached hydrogens (primary N) is 4. The van der Waals surface area contributed by atoms with E-state index in [0.717, 1.165) is 36.3 Å². The van der Waals surface area contributed by atoms with Gasteiger partial charge in [0, 0.05) is 106 Å². The monoisotopic (exact) mass is 1840 g/mol. The summed E-state index contributed by atoms with van der Waals surface area (Å²) in [5, 5.41) is 59.6. The number of aliphatic hydroxyl groups excluding tert-OH is 2. The first-order valence-corrected chi connectivity index (χ1v) is 44.8. The number of para-hydroxylation sites is 2. The van der Waals surface area contributed by atoms with Crippen LogP contribution in [0.1, 0.15) is 128 Å². The Hall–Kier alpha value is -12.8. The molecule has 712 valence electrons. The van der Waals surface area contributed by atoms with Crippen molar-refractivity contribution >= 4 is 140 Å². The second-order valence-electron chi connectivity index (χ2n) is 33.9. The normalized spacial score (nSPS) is 26.1. The average Bonchev–Trinajstić information content (AvgIpc) is 1.66. The van der Waals surface area contributed by atoms with Gasteiger partial charge in [0.15, 0.2) is 0 Å². The van der Waals surface area contributed by atoms with E-state index in [1.54, 1.807) is 74.8 Å². The largest absolute Gasteiger partial charge is 0.508 e. The fraction of sp³-hybridized carbons (Fsp3) is 0.540. The van der Waals surface area contributed by atoms with Gasteiger partial charge in [-0.2, -0.15) is 0 Å². The maximum Gasteiger partial charge on any atom is 0.246 e. The van der Waals surface area contributed by atoms with E-state index in [1.165, 1.54) is 45.3 Å². The van der Waals surface area contributed by atoms with Gasteiger partial charge in [-0.15, -0.1) is 11.8 Å². The molecule has 0 bridgehead atoms. The van der Waals surface area contributed by atoms with Crippen molar-refractivity contribution < 1.29 is 106 Å². The number of morpholine rings is 1. The quantitative estimate of drug-likeness (QED) is 0.0309. The van der Waals surface area contributed by atoms with Crippen molar-refractivity contribution in [3.63, 3.8) is 0 Å². The van der Waals surface area contributed by atoms with Crippen LogP contribution in [-0.2, 0) is 110 Å². The SMILES string of the molecule is CCCC[C@H]1C(=O)N(C)[C@@H](CCCC)C(=O)N[C@@H](C)C(=O)N[C@H](C(=O)NCC(N)=O)CSCC(=O)N[C@@H](Cc2ccc(O)cc2)C(=O)N2CC(C)(C)OC[C@H]2C(=O)N[C@@H](CC(N)=O)C(=O)N2CCC[C@H]2C(=O)N[C@@H](CN)C(=O)N[C@@H](CCC(N)=O)C(=O)N2C[C@H](O)C[C@H]2C(=O)N[C@@H](Cc2c[nH]c3ccccc23)C(=O)N[C@H](CO)C(=O)N[C@@H](Cc2c[nH]c3ccccc23)C(=O)N1C. The van der Waals surface area contributed by atoms with E-state index < -0.39 is 273 Å². The van der Waals surface area contributed by atoms with E-state index in [4.69, 9.17) is 27.7 Å². The standard InChI is InChI=1S/C87H121N21O22S/c1-8-10-21-64-78(121)95-46(3)73(116)103-63(74(117)94-39-71(91)114)43-131-44-72(115)96-58(31-47-24-26-50(110)27-25-47)85(128)108-45-87(4,5)130-42-68(108)81(124)100-60(35-70(90)113)84(127)106-30-16-23-65(106)79(122)101-61(36-88)76(119)97-56(28-29-69(89)112)83(126)107-40-51(111)34-67(107)80(123)98-57(32-48-37-92-54-19-14-12-17-52(48)54)75(118)102-62(41-109)77(120)99-59(33-49-38-93-55-20-15-13-18-53(49)55)82(125)105(7)66(22-11-9-2)86(129)104(64)6/h12-15,17-20,24-27,37-38,46,51,56-68,92-93,109-111H,8-11,16,21-23,28-36,39-45,88H2,1-7H3,(H2,89,112)(H2,90,113)(H2,91,114)(H,94,117)(H,95,121)(H,96,115)(H,97,119)(H,98,123)(H,99,120)(H,100,124)(H,101,122)(H,102,118)(H,103,116)/t46-,51+,56-,57-,58-,59-,60-,61-,62+,63-,64-,65-,66-,67-,68-/m0/s1. The van der Waals surface area contributed by atoms with Gasteiger partial charge in [-0.3, -0.25) is 86.3 Å². The summed E-state index contributed by atoms with van der Waals surface area (Å²) in [7, 11) is 2.68. The summed E-state index contributed by atoms with van der Waals surface area (Å²) in [6, 6.07) is -3.08. The van der Waals surface area contributed by atoms with Crippen LogP contribution in [0.5, 0.6) is 5.75 Å². The molecule has 6 heterocycles. The van der Waals surface area contributed by atoms with Crippen LogP contribution >= 0.6 is 11.8 Å². The molecular formula is C87H121N21O22S. The molecule has 0 aliphatic carbocycles. The van der Waals surface area contributed by atoms with Crippen molar-refractivity contribution in [2.75, 3.05) is 71.5 Å². The predicted molar refractivity (Wildman–Crippen MR) is 475 cm³/mol. The zero-order chi connectivity index (χ0) is 95.8. The third-order valence-corrected chi connectivity index (χ3v) is 24.6. The van der Waals surface area contributed by atoms with Crippen LogP contribution in [0.4, 0.5) is 0 Å². The molecule has 15 atom stereocenters. The Morgan fingerprint density at radius 3 is 1.69 bits per heavy atom. The first-order chi connectivity index (χ1) is 62.2. The van der Waals surface area contributed by atoms with Crippen molar-refractivity contribution in [3.8, 4) is 5.75 Å². The molecule has 4 fully saturated rings. The molecule has 0 radical (unpaired) electrons. The van der Waals surface area contributed by atoms with Gasteiger partial charge >= 0.3 is 0 Å². The number of likely N-dealkylation sites (N-methyl/N-ethyl adjacent to an activating group) is 2. The zero-order valence-corrected chi connectivity index (χ0v) is 75.1. The predicted octanol–water partition coefficient (Wildman–Crippen LogP) is -4.80. The number of aromatic nitrogens is 2. The highest BCUT2D eigenvalue weighted by molar-refractivity contribution is 8.00. The molecule has 43 nitrogen and oxygen atoms in total. The van der Waals surface area contributed by atoms with Crippen LogP contribution in [0.25, 0.3) is 21.8 Å². The second-order valence-corrected chi connectivity index (χ2v) is 35.0. The molecule has 4 aliphatic rings. The van der Waals surface area contributed by atoms with Crippen molar-refractivity contribution in [2.45, 2.75) is 227 Å². The number of nitrogens with one attached hydrogen (secondary N) is 12. The number of H-pyrrole nitrogens is 2. The molecule has 4 aliphatic heterocycles. The Morgan fingerprint density at radius 2 is 1.08 bits per heavy atom. The first kappa shape index (κ1) is 102. The maximum absolute atomic E-state index is 15.6. The molecule has 3 aromatic carbocycles. The summed E-state index contributed by atoms with van der Waals surface area (Å²) in [4.78, 5) is 272. The van der Waals surface area contributed by atoms with E-state index in [2.05, 4.69) is 63.1 Å². The molecule has 5 aromatic rings. The highest BCUT2D eigenvalue weighted by atomic mass is 32.2. The van der Waals surface area contributed by atoms with Crippen molar-refractivity contribution in [2.24, 2.45) is 22.9 Å². The number of hydrogen-bond donors (Lipinski definition) is 19. The van der Waals surface area contributed by atoms with Gasteiger partial charge in [0.2, 0.25) is 106 Å². The second kappa shape index (κ2) is 47.1. The van der Waals surface area contributed by atoms with Gasteiger partial charge < -0.3 is 131 Å². The number of aliphatic hydroxyl groups is 2. The lowest BCUT2D eigenvalue weighted by atomic mass is 9.99. The van der Waals surface area contributed by atoms with Gasteiger partial charge in [0.05, 0.1) is 50.2 Å². The highest BCUT2D eigenvalue weighted by Crippen LogP contribution is 2.29.